The topological polar surface area (TPSA) is 89.4 Å². The molecule has 0 saturated heterocycles. The Morgan fingerprint density at radius 1 is 1.05 bits per heavy atom. The van der Waals surface area contributed by atoms with Crippen molar-refractivity contribution in [3.05, 3.63) is 111 Å². The van der Waals surface area contributed by atoms with Crippen LogP contribution in [-0.4, -0.2) is 22.8 Å². The lowest BCUT2D eigenvalue weighted by atomic mass is 9.93. The van der Waals surface area contributed by atoms with Crippen molar-refractivity contribution < 1.29 is 35.9 Å². The van der Waals surface area contributed by atoms with Gasteiger partial charge in [-0.3, -0.25) is 9.59 Å². The molecule has 4 aromatic rings. The van der Waals surface area contributed by atoms with E-state index >= 15 is 0 Å². The zero-order chi connectivity index (χ0) is 29.9. The van der Waals surface area contributed by atoms with Crippen molar-refractivity contribution in [2.24, 2.45) is 5.11 Å². The Kier molecular flexibility index (Phi) is 6.53. The van der Waals surface area contributed by atoms with Gasteiger partial charge in [-0.1, -0.05) is 11.6 Å². The van der Waals surface area contributed by atoms with E-state index in [-0.39, 0.29) is 39.5 Å². The Balaban J connectivity index is 1.51. The maximum Gasteiger partial charge on any atom is 0.416 e. The molecule has 2 atom stereocenters. The van der Waals surface area contributed by atoms with Gasteiger partial charge in [0.25, 0.3) is 11.8 Å². The van der Waals surface area contributed by atoms with Crippen molar-refractivity contribution in [1.29, 1.82) is 0 Å². The van der Waals surface area contributed by atoms with Crippen LogP contribution in [0.2, 0.25) is 5.02 Å². The number of nitrogens with zero attached hydrogens (tertiary/aromatic N) is 3. The molecule has 2 N–H and O–H groups in total. The molecule has 2 aliphatic rings. The second kappa shape index (κ2) is 9.98. The summed E-state index contributed by atoms with van der Waals surface area (Å²) in [6, 6.07) is 6.95. The van der Waals surface area contributed by atoms with Crippen molar-refractivity contribution in [2.75, 3.05) is 5.32 Å². The van der Waals surface area contributed by atoms with Crippen LogP contribution in [0.5, 0.6) is 0 Å². The van der Waals surface area contributed by atoms with Crippen molar-refractivity contribution in [3.63, 3.8) is 0 Å². The number of nitrogens with one attached hydrogen (secondary N) is 2. The Bertz CT molecular complexity index is 1950. The Morgan fingerprint density at radius 3 is 2.60 bits per heavy atom. The van der Waals surface area contributed by atoms with Gasteiger partial charge in [0, 0.05) is 39.0 Å². The van der Waals surface area contributed by atoms with Crippen molar-refractivity contribution >= 4 is 35.2 Å². The lowest BCUT2D eigenvalue weighted by molar-refractivity contribution is -0.562. The molecule has 0 fully saturated rings. The van der Waals surface area contributed by atoms with Gasteiger partial charge in [-0.15, -0.1) is 9.48 Å². The van der Waals surface area contributed by atoms with Gasteiger partial charge in [-0.25, -0.2) is 8.78 Å². The van der Waals surface area contributed by atoms with Gasteiger partial charge >= 0.3 is 11.7 Å². The predicted octanol–water partition coefficient (Wildman–Crippen LogP) is 5.29. The third-order valence-corrected chi connectivity index (χ3v) is 7.20. The van der Waals surface area contributed by atoms with Crippen LogP contribution < -0.4 is 20.5 Å². The zero-order valence-corrected chi connectivity index (χ0v) is 22.2. The number of aromatic nitrogens is 2. The molecule has 2 amide bonds. The number of amides is 2. The molecule has 0 bridgehead atoms. The fourth-order valence-corrected chi connectivity index (χ4v) is 5.21. The molecule has 7 nitrogen and oxygen atoms in total. The van der Waals surface area contributed by atoms with Crippen molar-refractivity contribution in [1.82, 2.24) is 10.3 Å². The summed E-state index contributed by atoms with van der Waals surface area (Å²) in [5, 5.41) is 9.80. The highest BCUT2D eigenvalue weighted by atomic mass is 35.5. The molecule has 0 saturated carbocycles. The first-order valence-corrected chi connectivity index (χ1v) is 12.9. The molecule has 13 heteroatoms. The summed E-state index contributed by atoms with van der Waals surface area (Å²) < 4.78 is 69.9. The first-order valence-electron chi connectivity index (χ1n) is 12.5. The van der Waals surface area contributed by atoms with Crippen LogP contribution in [0.4, 0.5) is 27.6 Å². The molecule has 212 valence electrons. The number of fused-ring (bicyclic) bond motifs is 2. The number of hydrogen-bond acceptors (Lipinski definition) is 4. The van der Waals surface area contributed by atoms with E-state index in [2.05, 4.69) is 20.7 Å². The molecular formula is C29H18ClF5N5O2+. The van der Waals surface area contributed by atoms with E-state index in [9.17, 15) is 31.5 Å². The standard InChI is InChI=1S/C29H17ClF5N5O2/c1-13-4-24-36-11-16(12-40(24)39-13)14-7-21-25(26(38-28(21)42)20-10-18(31)2-3-22(20)30)23(8-14)37-27(41)15-5-17(29(33,34)35)9-19(32)6-15/h2-13,26H,1H3,(H-,37,38,41,42)/p+1. The second-order valence-electron chi connectivity index (χ2n) is 9.81. The summed E-state index contributed by atoms with van der Waals surface area (Å²) in [6.45, 7) is 1.87. The maximum absolute atomic E-state index is 14.2. The minimum atomic E-state index is -4.90. The van der Waals surface area contributed by atoms with Crippen LogP contribution in [0.15, 0.2) is 66.0 Å². The van der Waals surface area contributed by atoms with Gasteiger partial charge in [-0.2, -0.15) is 13.2 Å². The Hall–Kier alpha value is -4.71. The molecule has 6 rings (SSSR count). The van der Waals surface area contributed by atoms with E-state index < -0.39 is 46.8 Å². The minimum absolute atomic E-state index is 0.0105. The number of halogens is 6. The number of carbonyl (C=O) groups is 2. The molecule has 0 aliphatic carbocycles. The zero-order valence-electron chi connectivity index (χ0n) is 21.4. The van der Waals surface area contributed by atoms with E-state index in [1.807, 2.05) is 13.0 Å². The third kappa shape index (κ3) is 4.98. The first kappa shape index (κ1) is 27.5. The van der Waals surface area contributed by atoms with Crippen LogP contribution >= 0.6 is 11.6 Å². The molecule has 0 radical (unpaired) electrons. The summed E-state index contributed by atoms with van der Waals surface area (Å²) in [4.78, 5) is 30.8. The largest absolute Gasteiger partial charge is 0.416 e. The molecular weight excluding hydrogens is 581 g/mol. The number of carbonyl (C=O) groups excluding carboxylic acids is 2. The summed E-state index contributed by atoms with van der Waals surface area (Å²) in [6.07, 6.45) is 0.157. The van der Waals surface area contributed by atoms with E-state index in [4.69, 9.17) is 11.6 Å². The summed E-state index contributed by atoms with van der Waals surface area (Å²) in [5.41, 5.74) is 0.0846. The van der Waals surface area contributed by atoms with Crippen molar-refractivity contribution in [2.45, 2.75) is 25.2 Å². The molecule has 3 heterocycles. The van der Waals surface area contributed by atoms with Crippen molar-refractivity contribution in [3.8, 4) is 11.1 Å². The highest BCUT2D eigenvalue weighted by molar-refractivity contribution is 6.31. The minimum Gasteiger partial charge on any atom is -0.341 e. The molecule has 3 aromatic carbocycles. The number of hydrogen-bond donors (Lipinski definition) is 2. The molecule has 42 heavy (non-hydrogen) atoms. The quantitative estimate of drug-likeness (QED) is 0.247. The van der Waals surface area contributed by atoms with Crippen LogP contribution in [-0.2, 0) is 6.18 Å². The van der Waals surface area contributed by atoms with Crippen LogP contribution in [0.1, 0.15) is 50.4 Å². The lowest BCUT2D eigenvalue weighted by Crippen LogP contribution is -2.36. The Morgan fingerprint density at radius 2 is 1.83 bits per heavy atom. The van der Waals surface area contributed by atoms with Gasteiger partial charge in [0.05, 0.1) is 17.2 Å². The predicted molar refractivity (Wildman–Crippen MR) is 141 cm³/mol. The third-order valence-electron chi connectivity index (χ3n) is 6.86. The van der Waals surface area contributed by atoms with Gasteiger partial charge < -0.3 is 10.6 Å². The van der Waals surface area contributed by atoms with Gasteiger partial charge in [0.2, 0.25) is 0 Å². The van der Waals surface area contributed by atoms with E-state index in [0.29, 0.717) is 28.7 Å². The monoisotopic (exact) mass is 598 g/mol. The molecule has 2 aliphatic heterocycles. The van der Waals surface area contributed by atoms with Gasteiger partial charge in [0.1, 0.15) is 23.9 Å². The smallest absolute Gasteiger partial charge is 0.341 e. The number of rotatable bonds is 4. The molecule has 2 unspecified atom stereocenters. The van der Waals surface area contributed by atoms with Crippen LogP contribution in [0.25, 0.3) is 17.2 Å². The number of alkyl halides is 3. The average Bonchev–Trinajstić information content (AvgIpc) is 3.47. The average molecular weight is 599 g/mol. The van der Waals surface area contributed by atoms with Gasteiger partial charge in [0.15, 0.2) is 6.20 Å². The van der Waals surface area contributed by atoms with E-state index in [1.165, 1.54) is 12.1 Å². The van der Waals surface area contributed by atoms with Gasteiger partial charge in [-0.05, 0) is 66.0 Å². The molecule has 1 aromatic heterocycles. The SMILES string of the molecule is CC1C=c2ncc(-c3cc(NC(=O)c4cc(F)cc(C(F)(F)F)c4)c4c(c3)C(=O)NC4c3cc(F)ccc3Cl)c[n+]2=N1. The first-order chi connectivity index (χ1) is 19.9. The second-order valence-corrected chi connectivity index (χ2v) is 10.2. The summed E-state index contributed by atoms with van der Waals surface area (Å²) in [5.74, 6) is -3.52. The highest BCUT2D eigenvalue weighted by Gasteiger charge is 2.36. The fraction of sp³-hybridized carbons (Fsp3) is 0.138. The lowest BCUT2D eigenvalue weighted by Gasteiger charge is -2.19. The summed E-state index contributed by atoms with van der Waals surface area (Å²) in [7, 11) is 0. The Labute approximate surface area is 239 Å². The van der Waals surface area contributed by atoms with Crippen LogP contribution in [0, 0.1) is 11.6 Å². The normalized spacial score (nSPS) is 17.2. The van der Waals surface area contributed by atoms with Crippen LogP contribution in [0.3, 0.4) is 0 Å². The maximum atomic E-state index is 14.2. The highest BCUT2D eigenvalue weighted by Crippen LogP contribution is 2.42. The molecule has 0 spiro atoms. The number of anilines is 1. The van der Waals surface area contributed by atoms with E-state index in [1.54, 1.807) is 22.8 Å². The summed E-state index contributed by atoms with van der Waals surface area (Å²) >= 11 is 6.34. The fourth-order valence-electron chi connectivity index (χ4n) is 4.98. The number of benzene rings is 3. The van der Waals surface area contributed by atoms with E-state index in [0.717, 1.165) is 12.1 Å².